The van der Waals surface area contributed by atoms with Crippen molar-refractivity contribution in [1.82, 2.24) is 4.90 Å². The van der Waals surface area contributed by atoms with Crippen molar-refractivity contribution in [3.8, 4) is 5.75 Å². The molecule has 0 spiro atoms. The van der Waals surface area contributed by atoms with Crippen LogP contribution in [0, 0.1) is 0 Å². The minimum atomic E-state index is 0.247. The molecule has 0 atom stereocenters. The van der Waals surface area contributed by atoms with Crippen LogP contribution in [-0.2, 0) is 11.3 Å². The maximum Gasteiger partial charge on any atom is 0.233 e. The third kappa shape index (κ3) is 4.16. The fourth-order valence-electron chi connectivity index (χ4n) is 2.11. The van der Waals surface area contributed by atoms with Crippen molar-refractivity contribution in [1.29, 1.82) is 0 Å². The van der Waals surface area contributed by atoms with Gasteiger partial charge < -0.3 is 9.64 Å². The van der Waals surface area contributed by atoms with Gasteiger partial charge in [-0.25, -0.2) is 0 Å². The van der Waals surface area contributed by atoms with E-state index in [0.717, 1.165) is 24.2 Å². The first-order chi connectivity index (χ1) is 9.24. The number of benzene rings is 1. The molecule has 1 amide bonds. The molecule has 1 saturated carbocycles. The molecule has 1 fully saturated rings. The van der Waals surface area contributed by atoms with Crippen molar-refractivity contribution >= 4 is 17.7 Å². The molecule has 1 aromatic rings. The topological polar surface area (TPSA) is 29.5 Å². The molecule has 4 heteroatoms. The Morgan fingerprint density at radius 1 is 1.47 bits per heavy atom. The van der Waals surface area contributed by atoms with Crippen LogP contribution in [0.5, 0.6) is 5.75 Å². The molecule has 0 heterocycles. The Bertz CT molecular complexity index is 432. The average Bonchev–Trinajstić information content (AvgIpc) is 3.21. The Kier molecular flexibility index (Phi) is 5.14. The smallest absolute Gasteiger partial charge is 0.233 e. The van der Waals surface area contributed by atoms with E-state index in [1.165, 1.54) is 0 Å². The van der Waals surface area contributed by atoms with Gasteiger partial charge in [-0.05, 0) is 43.7 Å². The van der Waals surface area contributed by atoms with Crippen molar-refractivity contribution in [2.24, 2.45) is 0 Å². The van der Waals surface area contributed by atoms with Crippen LogP contribution >= 0.6 is 11.8 Å². The van der Waals surface area contributed by atoms with Gasteiger partial charge in [0.15, 0.2) is 0 Å². The van der Waals surface area contributed by atoms with Crippen LogP contribution in [0.15, 0.2) is 24.3 Å². The van der Waals surface area contributed by atoms with E-state index in [1.807, 2.05) is 36.3 Å². The number of ether oxygens (including phenoxy) is 1. The van der Waals surface area contributed by atoms with Crippen molar-refractivity contribution in [2.45, 2.75) is 32.4 Å². The van der Waals surface area contributed by atoms with Crippen LogP contribution in [0.25, 0.3) is 0 Å². The quantitative estimate of drug-likeness (QED) is 0.768. The summed E-state index contributed by atoms with van der Waals surface area (Å²) in [7, 11) is 0. The number of nitrogens with zero attached hydrogens (tertiary/aromatic N) is 1. The van der Waals surface area contributed by atoms with Gasteiger partial charge >= 0.3 is 0 Å². The van der Waals surface area contributed by atoms with Crippen LogP contribution in [0.3, 0.4) is 0 Å². The number of amides is 1. The minimum Gasteiger partial charge on any atom is -0.494 e. The first-order valence-electron chi connectivity index (χ1n) is 6.74. The van der Waals surface area contributed by atoms with Crippen molar-refractivity contribution in [2.75, 3.05) is 18.6 Å². The highest BCUT2D eigenvalue weighted by atomic mass is 32.2. The van der Waals surface area contributed by atoms with Gasteiger partial charge in [-0.2, -0.15) is 11.8 Å². The predicted molar refractivity (Wildman–Crippen MR) is 79.6 cm³/mol. The van der Waals surface area contributed by atoms with Gasteiger partial charge in [-0.3, -0.25) is 4.79 Å². The van der Waals surface area contributed by atoms with Gasteiger partial charge in [0.25, 0.3) is 0 Å². The molecule has 1 aliphatic rings. The standard InChI is InChI=1S/C15H21NO2S/c1-3-18-14-6-4-5-12(9-14)10-16(13-7-8-13)15(17)11-19-2/h4-6,9,13H,3,7-8,10-11H2,1-2H3. The van der Waals surface area contributed by atoms with Crippen molar-refractivity contribution < 1.29 is 9.53 Å². The van der Waals surface area contributed by atoms with Crippen LogP contribution < -0.4 is 4.74 Å². The van der Waals surface area contributed by atoms with Gasteiger partial charge in [-0.1, -0.05) is 12.1 Å². The zero-order valence-electron chi connectivity index (χ0n) is 11.6. The Morgan fingerprint density at radius 2 is 2.26 bits per heavy atom. The molecule has 0 radical (unpaired) electrons. The van der Waals surface area contributed by atoms with E-state index in [4.69, 9.17) is 4.74 Å². The summed E-state index contributed by atoms with van der Waals surface area (Å²) in [6.07, 6.45) is 4.26. The predicted octanol–water partition coefficient (Wildman–Crippen LogP) is 2.94. The Morgan fingerprint density at radius 3 is 2.89 bits per heavy atom. The van der Waals surface area contributed by atoms with Crippen LogP contribution in [0.1, 0.15) is 25.3 Å². The molecule has 1 aliphatic carbocycles. The summed E-state index contributed by atoms with van der Waals surface area (Å²) in [6, 6.07) is 8.49. The molecule has 3 nitrogen and oxygen atoms in total. The highest BCUT2D eigenvalue weighted by Gasteiger charge is 2.32. The van der Waals surface area contributed by atoms with E-state index in [9.17, 15) is 4.79 Å². The Balaban J connectivity index is 2.04. The van der Waals surface area contributed by atoms with Gasteiger partial charge in [0.05, 0.1) is 12.4 Å². The van der Waals surface area contributed by atoms with Gasteiger partial charge in [0.1, 0.15) is 5.75 Å². The lowest BCUT2D eigenvalue weighted by atomic mass is 10.2. The fraction of sp³-hybridized carbons (Fsp3) is 0.533. The first-order valence-corrected chi connectivity index (χ1v) is 8.14. The van der Waals surface area contributed by atoms with Crippen LogP contribution in [0.4, 0.5) is 0 Å². The van der Waals surface area contributed by atoms with Crippen LogP contribution in [0.2, 0.25) is 0 Å². The lowest BCUT2D eigenvalue weighted by Crippen LogP contribution is -2.33. The van der Waals surface area contributed by atoms with Gasteiger partial charge in [-0.15, -0.1) is 0 Å². The van der Waals surface area contributed by atoms with Crippen molar-refractivity contribution in [3.63, 3.8) is 0 Å². The number of hydrogen-bond acceptors (Lipinski definition) is 3. The summed E-state index contributed by atoms with van der Waals surface area (Å²) in [6.45, 7) is 3.34. The molecule has 0 bridgehead atoms. The first kappa shape index (κ1) is 14.3. The van der Waals surface area contributed by atoms with Crippen LogP contribution in [-0.4, -0.2) is 35.5 Å². The summed E-state index contributed by atoms with van der Waals surface area (Å²) in [5.41, 5.74) is 1.15. The SMILES string of the molecule is CCOc1cccc(CN(C(=O)CSC)C2CC2)c1. The monoisotopic (exact) mass is 279 g/mol. The number of rotatable bonds is 7. The second kappa shape index (κ2) is 6.85. The molecule has 19 heavy (non-hydrogen) atoms. The maximum absolute atomic E-state index is 12.1. The lowest BCUT2D eigenvalue weighted by Gasteiger charge is -2.22. The summed E-state index contributed by atoms with van der Waals surface area (Å²) >= 11 is 1.59. The number of thioether (sulfide) groups is 1. The molecule has 1 aromatic carbocycles. The van der Waals surface area contributed by atoms with E-state index < -0.39 is 0 Å². The Hall–Kier alpha value is -1.16. The third-order valence-corrected chi connectivity index (χ3v) is 3.67. The number of carbonyl (C=O) groups is 1. The minimum absolute atomic E-state index is 0.247. The number of hydrogen-bond donors (Lipinski definition) is 0. The van der Waals surface area contributed by atoms with E-state index in [2.05, 4.69) is 6.07 Å². The summed E-state index contributed by atoms with van der Waals surface area (Å²) in [5.74, 6) is 1.70. The second-order valence-corrected chi connectivity index (χ2v) is 5.63. The summed E-state index contributed by atoms with van der Waals surface area (Å²) < 4.78 is 5.50. The molecule has 2 rings (SSSR count). The van der Waals surface area contributed by atoms with E-state index >= 15 is 0 Å². The molecule has 0 N–H and O–H groups in total. The Labute approximate surface area is 119 Å². The fourth-order valence-corrected chi connectivity index (χ4v) is 2.52. The summed E-state index contributed by atoms with van der Waals surface area (Å²) in [4.78, 5) is 14.1. The van der Waals surface area contributed by atoms with Gasteiger partial charge in [0, 0.05) is 12.6 Å². The summed E-state index contributed by atoms with van der Waals surface area (Å²) in [5, 5.41) is 0. The lowest BCUT2D eigenvalue weighted by molar-refractivity contribution is -0.129. The number of carbonyl (C=O) groups excluding carboxylic acids is 1. The molecule has 0 aromatic heterocycles. The maximum atomic E-state index is 12.1. The molecular weight excluding hydrogens is 258 g/mol. The zero-order valence-corrected chi connectivity index (χ0v) is 12.4. The van der Waals surface area contributed by atoms with E-state index in [-0.39, 0.29) is 5.91 Å². The highest BCUT2D eigenvalue weighted by Crippen LogP contribution is 2.29. The molecular formula is C15H21NO2S. The van der Waals surface area contributed by atoms with E-state index in [0.29, 0.717) is 24.9 Å². The highest BCUT2D eigenvalue weighted by molar-refractivity contribution is 7.99. The zero-order chi connectivity index (χ0) is 13.7. The largest absolute Gasteiger partial charge is 0.494 e. The molecule has 0 saturated heterocycles. The average molecular weight is 279 g/mol. The molecule has 0 aliphatic heterocycles. The second-order valence-electron chi connectivity index (χ2n) is 4.77. The molecule has 0 unspecified atom stereocenters. The molecule has 104 valence electrons. The normalized spacial score (nSPS) is 14.2. The van der Waals surface area contributed by atoms with Gasteiger partial charge in [0.2, 0.25) is 5.91 Å². The third-order valence-electron chi connectivity index (χ3n) is 3.14. The van der Waals surface area contributed by atoms with Crippen molar-refractivity contribution in [3.05, 3.63) is 29.8 Å². The van der Waals surface area contributed by atoms with E-state index in [1.54, 1.807) is 11.8 Å².